The number of nitrogens with zero attached hydrogens (tertiary/aromatic N) is 2. The van der Waals surface area contributed by atoms with E-state index in [1.165, 1.54) is 5.56 Å². The van der Waals surface area contributed by atoms with Gasteiger partial charge in [-0.3, -0.25) is 0 Å². The van der Waals surface area contributed by atoms with Crippen molar-refractivity contribution < 1.29 is 0 Å². The van der Waals surface area contributed by atoms with Crippen molar-refractivity contribution in [1.29, 1.82) is 0 Å². The van der Waals surface area contributed by atoms with Crippen LogP contribution in [0.3, 0.4) is 0 Å². The van der Waals surface area contributed by atoms with Crippen LogP contribution < -0.4 is 5.32 Å². The highest BCUT2D eigenvalue weighted by atomic mass is 35.5. The van der Waals surface area contributed by atoms with Crippen molar-refractivity contribution in [2.45, 2.75) is 19.8 Å². The molecule has 2 rings (SSSR count). The molecule has 0 fully saturated rings. The zero-order valence-electron chi connectivity index (χ0n) is 10.9. The van der Waals surface area contributed by atoms with E-state index >= 15 is 0 Å². The Hall–Kier alpha value is -1.87. The first kappa shape index (κ1) is 13.6. The lowest BCUT2D eigenvalue weighted by molar-refractivity contribution is 1.00. The summed E-state index contributed by atoms with van der Waals surface area (Å²) in [5.41, 5.74) is 3.41. The van der Waals surface area contributed by atoms with Crippen molar-refractivity contribution >= 4 is 23.2 Å². The smallest absolute Gasteiger partial charge is 0.228 e. The molecule has 4 heteroatoms. The van der Waals surface area contributed by atoms with Crippen molar-refractivity contribution in [3.63, 3.8) is 0 Å². The van der Waals surface area contributed by atoms with E-state index in [1.54, 1.807) is 12.3 Å². The Morgan fingerprint density at radius 1 is 1.37 bits per heavy atom. The van der Waals surface area contributed by atoms with Gasteiger partial charge in [0.2, 0.25) is 5.95 Å². The monoisotopic (exact) mass is 273 g/mol. The molecule has 0 atom stereocenters. The van der Waals surface area contributed by atoms with Crippen LogP contribution in [0.5, 0.6) is 0 Å². The molecule has 0 saturated heterocycles. The molecule has 2 aromatic rings. The molecular formula is C15H16ClN3. The molecule has 0 saturated carbocycles. The van der Waals surface area contributed by atoms with E-state index in [-0.39, 0.29) is 0 Å². The van der Waals surface area contributed by atoms with Gasteiger partial charge in [-0.1, -0.05) is 29.8 Å². The number of allylic oxidation sites excluding steroid dienone is 1. The molecule has 0 unspecified atom stereocenters. The van der Waals surface area contributed by atoms with Gasteiger partial charge in [0, 0.05) is 11.9 Å². The molecule has 0 amide bonds. The summed E-state index contributed by atoms with van der Waals surface area (Å²) < 4.78 is 0. The van der Waals surface area contributed by atoms with Crippen LogP contribution in [0.1, 0.15) is 17.5 Å². The number of aryl methyl sites for hydroxylation is 2. The lowest BCUT2D eigenvalue weighted by Crippen LogP contribution is -1.99. The van der Waals surface area contributed by atoms with Gasteiger partial charge in [-0.05, 0) is 43.0 Å². The van der Waals surface area contributed by atoms with Gasteiger partial charge in [0.15, 0.2) is 0 Å². The van der Waals surface area contributed by atoms with Crippen LogP contribution in [0.25, 0.3) is 0 Å². The lowest BCUT2D eigenvalue weighted by Gasteiger charge is -2.10. The third-order valence-corrected chi connectivity index (χ3v) is 3.02. The van der Waals surface area contributed by atoms with E-state index in [2.05, 4.69) is 40.1 Å². The van der Waals surface area contributed by atoms with Gasteiger partial charge >= 0.3 is 0 Å². The second-order valence-electron chi connectivity index (χ2n) is 4.30. The molecule has 3 nitrogen and oxygen atoms in total. The van der Waals surface area contributed by atoms with Crippen LogP contribution in [-0.4, -0.2) is 9.97 Å². The Kier molecular flexibility index (Phi) is 4.53. The number of nitrogens with one attached hydrogen (secondary N) is 1. The average molecular weight is 274 g/mol. The minimum atomic E-state index is 0.429. The predicted molar refractivity (Wildman–Crippen MR) is 80.0 cm³/mol. The highest BCUT2D eigenvalue weighted by molar-refractivity contribution is 6.29. The molecule has 1 aromatic carbocycles. The van der Waals surface area contributed by atoms with Crippen molar-refractivity contribution in [3.05, 3.63) is 59.4 Å². The summed E-state index contributed by atoms with van der Waals surface area (Å²) in [4.78, 5) is 8.27. The van der Waals surface area contributed by atoms with E-state index in [0.717, 1.165) is 24.1 Å². The van der Waals surface area contributed by atoms with Crippen LogP contribution in [0, 0.1) is 6.92 Å². The highest BCUT2D eigenvalue weighted by Crippen LogP contribution is 2.21. The topological polar surface area (TPSA) is 37.8 Å². The Morgan fingerprint density at radius 2 is 2.21 bits per heavy atom. The Bertz CT molecular complexity index is 581. The number of benzene rings is 1. The zero-order chi connectivity index (χ0) is 13.7. The van der Waals surface area contributed by atoms with Gasteiger partial charge < -0.3 is 5.32 Å². The van der Waals surface area contributed by atoms with Gasteiger partial charge in [-0.25, -0.2) is 9.97 Å². The van der Waals surface area contributed by atoms with Gasteiger partial charge in [0.05, 0.1) is 0 Å². The summed E-state index contributed by atoms with van der Waals surface area (Å²) in [6.45, 7) is 5.79. The third-order valence-electron chi connectivity index (χ3n) is 2.81. The van der Waals surface area contributed by atoms with Crippen LogP contribution >= 0.6 is 11.6 Å². The summed E-state index contributed by atoms with van der Waals surface area (Å²) in [5, 5.41) is 3.63. The van der Waals surface area contributed by atoms with Gasteiger partial charge in [-0.2, -0.15) is 0 Å². The Morgan fingerprint density at radius 3 is 2.95 bits per heavy atom. The van der Waals surface area contributed by atoms with Crippen molar-refractivity contribution in [2.75, 3.05) is 5.32 Å². The van der Waals surface area contributed by atoms with Gasteiger partial charge in [-0.15, -0.1) is 6.58 Å². The van der Waals surface area contributed by atoms with Crippen molar-refractivity contribution in [2.24, 2.45) is 0 Å². The molecule has 1 N–H and O–H groups in total. The maximum absolute atomic E-state index is 5.85. The SMILES string of the molecule is C=CCCc1ccc(C)c(Nc2nccc(Cl)n2)c1. The Labute approximate surface area is 118 Å². The van der Waals surface area contributed by atoms with Gasteiger partial charge in [0.25, 0.3) is 0 Å². The summed E-state index contributed by atoms with van der Waals surface area (Å²) in [6.07, 6.45) is 5.51. The van der Waals surface area contributed by atoms with E-state index < -0.39 is 0 Å². The first-order valence-electron chi connectivity index (χ1n) is 6.15. The largest absolute Gasteiger partial charge is 0.324 e. The number of hydrogen-bond acceptors (Lipinski definition) is 3. The summed E-state index contributed by atoms with van der Waals surface area (Å²) in [5.74, 6) is 0.511. The Balaban J connectivity index is 2.21. The second kappa shape index (κ2) is 6.34. The van der Waals surface area contributed by atoms with Gasteiger partial charge in [0.1, 0.15) is 5.15 Å². The maximum Gasteiger partial charge on any atom is 0.228 e. The lowest BCUT2D eigenvalue weighted by atomic mass is 10.1. The van der Waals surface area contributed by atoms with Crippen molar-refractivity contribution in [3.8, 4) is 0 Å². The summed E-state index contributed by atoms with van der Waals surface area (Å²) in [6, 6.07) is 7.98. The number of rotatable bonds is 5. The highest BCUT2D eigenvalue weighted by Gasteiger charge is 2.03. The fraction of sp³-hybridized carbons (Fsp3) is 0.200. The standard InChI is InChI=1S/C15H16ClN3/c1-3-4-5-12-7-6-11(2)13(10-12)18-15-17-9-8-14(16)19-15/h3,6-10H,1,4-5H2,2H3,(H,17,18,19). The molecule has 0 spiro atoms. The zero-order valence-corrected chi connectivity index (χ0v) is 11.6. The molecular weight excluding hydrogens is 258 g/mol. The molecule has 19 heavy (non-hydrogen) atoms. The van der Waals surface area contributed by atoms with Crippen LogP contribution in [0.15, 0.2) is 43.1 Å². The number of hydrogen-bond donors (Lipinski definition) is 1. The molecule has 1 heterocycles. The molecule has 0 aliphatic carbocycles. The quantitative estimate of drug-likeness (QED) is 0.652. The first-order valence-corrected chi connectivity index (χ1v) is 6.53. The molecule has 98 valence electrons. The molecule has 0 aliphatic heterocycles. The van der Waals surface area contributed by atoms with E-state index in [4.69, 9.17) is 11.6 Å². The number of anilines is 2. The number of aromatic nitrogens is 2. The van der Waals surface area contributed by atoms with E-state index in [0.29, 0.717) is 11.1 Å². The number of halogens is 1. The fourth-order valence-electron chi connectivity index (χ4n) is 1.75. The first-order chi connectivity index (χ1) is 9.19. The average Bonchev–Trinajstić information content (AvgIpc) is 2.40. The predicted octanol–water partition coefficient (Wildman–Crippen LogP) is 4.30. The van der Waals surface area contributed by atoms with Crippen LogP contribution in [0.4, 0.5) is 11.6 Å². The second-order valence-corrected chi connectivity index (χ2v) is 4.69. The maximum atomic E-state index is 5.85. The van der Waals surface area contributed by atoms with Crippen LogP contribution in [-0.2, 0) is 6.42 Å². The normalized spacial score (nSPS) is 10.2. The minimum absolute atomic E-state index is 0.429. The fourth-order valence-corrected chi connectivity index (χ4v) is 1.88. The summed E-state index contributed by atoms with van der Waals surface area (Å²) in [7, 11) is 0. The van der Waals surface area contributed by atoms with Crippen LogP contribution in [0.2, 0.25) is 5.15 Å². The molecule has 0 bridgehead atoms. The molecule has 0 aliphatic rings. The van der Waals surface area contributed by atoms with Crippen molar-refractivity contribution in [1.82, 2.24) is 9.97 Å². The third kappa shape index (κ3) is 3.80. The van der Waals surface area contributed by atoms with E-state index in [9.17, 15) is 0 Å². The molecule has 1 aromatic heterocycles. The summed E-state index contributed by atoms with van der Waals surface area (Å²) >= 11 is 5.85. The van der Waals surface area contributed by atoms with E-state index in [1.807, 2.05) is 13.0 Å². The molecule has 0 radical (unpaired) electrons. The minimum Gasteiger partial charge on any atom is -0.324 e.